The fourth-order valence-electron chi connectivity index (χ4n) is 1.77. The van der Waals surface area contributed by atoms with E-state index in [9.17, 15) is 17.2 Å². The van der Waals surface area contributed by atoms with Crippen LogP contribution in [0.1, 0.15) is 26.7 Å². The van der Waals surface area contributed by atoms with E-state index < -0.39 is 20.5 Å². The number of hydrogen-bond acceptors (Lipinski definition) is 4. The summed E-state index contributed by atoms with van der Waals surface area (Å²) in [6.45, 7) is 4.22. The fourth-order valence-corrected chi connectivity index (χ4v) is 2.68. The van der Waals surface area contributed by atoms with Gasteiger partial charge in [-0.3, -0.25) is 0 Å². The van der Waals surface area contributed by atoms with Crippen LogP contribution in [-0.4, -0.2) is 20.7 Å². The maximum absolute atomic E-state index is 12.7. The van der Waals surface area contributed by atoms with Crippen LogP contribution in [0.4, 0.5) is 14.5 Å². The molecule has 0 saturated carbocycles. The van der Waals surface area contributed by atoms with Gasteiger partial charge < -0.3 is 5.32 Å². The Hall–Kier alpha value is -1.68. The lowest BCUT2D eigenvalue weighted by Crippen LogP contribution is -2.24. The normalized spacial score (nSPS) is 12.2. The Labute approximate surface area is 123 Å². The summed E-state index contributed by atoms with van der Waals surface area (Å²) in [6.07, 6.45) is 1.01. The first kappa shape index (κ1) is 17.4. The number of hydrogen-bond donors (Lipinski definition) is 1. The Bertz CT molecular complexity index is 622. The van der Waals surface area contributed by atoms with Crippen LogP contribution in [0, 0.1) is 16.7 Å². The van der Waals surface area contributed by atoms with Crippen LogP contribution >= 0.6 is 0 Å². The smallest absolute Gasteiger partial charge is 0.341 e. The highest BCUT2D eigenvalue weighted by molar-refractivity contribution is 7.91. The second kappa shape index (κ2) is 6.85. The Morgan fingerprint density at radius 2 is 1.95 bits per heavy atom. The molecule has 21 heavy (non-hydrogen) atoms. The van der Waals surface area contributed by atoms with E-state index in [0.717, 1.165) is 6.07 Å². The van der Waals surface area contributed by atoms with Gasteiger partial charge >= 0.3 is 5.76 Å². The first-order valence-corrected chi connectivity index (χ1v) is 7.97. The molecule has 1 aromatic carbocycles. The van der Waals surface area contributed by atoms with Crippen LogP contribution in [0.15, 0.2) is 29.2 Å². The van der Waals surface area contributed by atoms with Gasteiger partial charge in [0.05, 0.1) is 16.7 Å². The quantitative estimate of drug-likeness (QED) is 0.836. The van der Waals surface area contributed by atoms with Crippen molar-refractivity contribution in [2.24, 2.45) is 5.41 Å². The number of anilines is 1. The van der Waals surface area contributed by atoms with E-state index in [0.29, 0.717) is 19.4 Å². The number of nitriles is 1. The average molecular weight is 316 g/mol. The molecule has 0 aromatic heterocycles. The zero-order chi connectivity index (χ0) is 16.1. The topological polar surface area (TPSA) is 70.0 Å². The molecule has 1 aromatic rings. The molecule has 1 N–H and O–H groups in total. The van der Waals surface area contributed by atoms with Crippen molar-refractivity contribution in [3.05, 3.63) is 24.3 Å². The van der Waals surface area contributed by atoms with Gasteiger partial charge in [-0.2, -0.15) is 14.0 Å². The van der Waals surface area contributed by atoms with Gasteiger partial charge in [0, 0.05) is 13.0 Å². The third kappa shape index (κ3) is 4.67. The minimum absolute atomic E-state index is 0.155. The van der Waals surface area contributed by atoms with Gasteiger partial charge in [0.2, 0.25) is 9.84 Å². The zero-order valence-electron chi connectivity index (χ0n) is 11.9. The van der Waals surface area contributed by atoms with E-state index in [-0.39, 0.29) is 11.1 Å². The summed E-state index contributed by atoms with van der Waals surface area (Å²) in [4.78, 5) is -0.406. The lowest BCUT2D eigenvalue weighted by Gasteiger charge is -2.25. The minimum Gasteiger partial charge on any atom is -0.383 e. The molecule has 0 spiro atoms. The van der Waals surface area contributed by atoms with Crippen LogP contribution in [0.5, 0.6) is 0 Å². The second-order valence-electron chi connectivity index (χ2n) is 5.48. The van der Waals surface area contributed by atoms with Crippen molar-refractivity contribution in [3.63, 3.8) is 0 Å². The molecule has 1 rings (SSSR count). The molecule has 7 heteroatoms. The molecule has 116 valence electrons. The van der Waals surface area contributed by atoms with Gasteiger partial charge in [-0.05, 0) is 24.0 Å². The predicted octanol–water partition coefficient (Wildman–Crippen LogP) is 3.42. The van der Waals surface area contributed by atoms with Crippen molar-refractivity contribution in [3.8, 4) is 6.07 Å². The standard InChI is InChI=1S/C14H18F2N2O2S/c1-14(2,8-5-9-17)10-18-11-6-3-4-7-12(11)21(19,20)13(15)16/h3-4,6-7,13,18H,5,8,10H2,1-2H3. The van der Waals surface area contributed by atoms with E-state index in [4.69, 9.17) is 5.26 Å². The van der Waals surface area contributed by atoms with Crippen molar-refractivity contribution in [2.45, 2.75) is 37.3 Å². The Morgan fingerprint density at radius 1 is 1.33 bits per heavy atom. The Balaban J connectivity index is 2.94. The number of nitrogens with zero attached hydrogens (tertiary/aromatic N) is 1. The number of alkyl halides is 2. The van der Waals surface area contributed by atoms with Gasteiger partial charge in [-0.15, -0.1) is 0 Å². The van der Waals surface area contributed by atoms with Gasteiger partial charge in [0.15, 0.2) is 0 Å². The summed E-state index contributed by atoms with van der Waals surface area (Å²) >= 11 is 0. The number of rotatable bonds is 7. The number of halogens is 2. The molecule has 0 saturated heterocycles. The molecular formula is C14H18F2N2O2S. The molecule has 0 aliphatic heterocycles. The third-order valence-corrected chi connectivity index (χ3v) is 4.54. The SMILES string of the molecule is CC(C)(CCC#N)CNc1ccccc1S(=O)(=O)C(F)F. The molecule has 0 atom stereocenters. The number of benzene rings is 1. The highest BCUT2D eigenvalue weighted by atomic mass is 32.2. The van der Waals surface area contributed by atoms with Crippen LogP contribution in [-0.2, 0) is 9.84 Å². The van der Waals surface area contributed by atoms with E-state index in [2.05, 4.69) is 5.32 Å². The molecule has 0 aliphatic carbocycles. The van der Waals surface area contributed by atoms with Crippen LogP contribution in [0.2, 0.25) is 0 Å². The molecule has 0 amide bonds. The van der Waals surface area contributed by atoms with Crippen molar-refractivity contribution in [1.82, 2.24) is 0 Å². The molecule has 0 heterocycles. The summed E-state index contributed by atoms with van der Waals surface area (Å²) in [7, 11) is -4.64. The maximum Gasteiger partial charge on any atom is 0.341 e. The lowest BCUT2D eigenvalue weighted by molar-refractivity contribution is 0.235. The largest absolute Gasteiger partial charge is 0.383 e. The van der Waals surface area contributed by atoms with Crippen molar-refractivity contribution >= 4 is 15.5 Å². The lowest BCUT2D eigenvalue weighted by atomic mass is 9.88. The summed E-state index contributed by atoms with van der Waals surface area (Å²) < 4.78 is 48.6. The molecular weight excluding hydrogens is 298 g/mol. The van der Waals surface area contributed by atoms with Gasteiger partial charge in [0.1, 0.15) is 0 Å². The van der Waals surface area contributed by atoms with Crippen molar-refractivity contribution in [2.75, 3.05) is 11.9 Å². The van der Waals surface area contributed by atoms with Gasteiger partial charge in [0.25, 0.3) is 0 Å². The zero-order valence-corrected chi connectivity index (χ0v) is 12.8. The predicted molar refractivity (Wildman–Crippen MR) is 76.7 cm³/mol. The highest BCUT2D eigenvalue weighted by Gasteiger charge is 2.29. The van der Waals surface area contributed by atoms with E-state index in [1.165, 1.54) is 12.1 Å². The van der Waals surface area contributed by atoms with E-state index in [1.807, 2.05) is 19.9 Å². The summed E-state index contributed by atoms with van der Waals surface area (Å²) in [5.41, 5.74) is -0.0971. The first-order valence-electron chi connectivity index (χ1n) is 6.42. The summed E-state index contributed by atoms with van der Waals surface area (Å²) in [6, 6.07) is 7.65. The Morgan fingerprint density at radius 3 is 2.52 bits per heavy atom. The first-order chi connectivity index (χ1) is 9.70. The maximum atomic E-state index is 12.7. The van der Waals surface area contributed by atoms with Crippen LogP contribution < -0.4 is 5.32 Å². The monoisotopic (exact) mass is 316 g/mol. The molecule has 0 bridgehead atoms. The number of para-hydroxylation sites is 1. The van der Waals surface area contributed by atoms with E-state index in [1.54, 1.807) is 6.07 Å². The molecule has 0 fully saturated rings. The molecule has 0 radical (unpaired) electrons. The average Bonchev–Trinajstić information content (AvgIpc) is 2.43. The van der Waals surface area contributed by atoms with Crippen molar-refractivity contribution in [1.29, 1.82) is 5.26 Å². The van der Waals surface area contributed by atoms with Gasteiger partial charge in [-0.25, -0.2) is 8.42 Å². The van der Waals surface area contributed by atoms with Crippen LogP contribution in [0.25, 0.3) is 0 Å². The fraction of sp³-hybridized carbons (Fsp3) is 0.500. The number of nitrogens with one attached hydrogen (secondary N) is 1. The number of sulfone groups is 1. The second-order valence-corrected chi connectivity index (χ2v) is 7.36. The molecule has 4 nitrogen and oxygen atoms in total. The minimum atomic E-state index is -4.64. The van der Waals surface area contributed by atoms with Crippen molar-refractivity contribution < 1.29 is 17.2 Å². The van der Waals surface area contributed by atoms with E-state index >= 15 is 0 Å². The highest BCUT2D eigenvalue weighted by Crippen LogP contribution is 2.28. The van der Waals surface area contributed by atoms with Crippen LogP contribution in [0.3, 0.4) is 0 Å². The molecule has 0 unspecified atom stereocenters. The summed E-state index contributed by atoms with van der Waals surface area (Å²) in [5.74, 6) is -3.45. The third-order valence-electron chi connectivity index (χ3n) is 3.10. The molecule has 0 aliphatic rings. The Kier molecular flexibility index (Phi) is 5.67. The van der Waals surface area contributed by atoms with Gasteiger partial charge in [-0.1, -0.05) is 26.0 Å². The summed E-state index contributed by atoms with van der Waals surface area (Å²) in [5, 5.41) is 11.5.